The summed E-state index contributed by atoms with van der Waals surface area (Å²) in [5.41, 5.74) is 5.16. The van der Waals surface area contributed by atoms with Crippen LogP contribution in [0.4, 0.5) is 28.4 Å². The van der Waals surface area contributed by atoms with E-state index >= 15 is 0 Å². The zero-order valence-corrected chi connectivity index (χ0v) is 20.3. The van der Waals surface area contributed by atoms with Crippen LogP contribution in [-0.2, 0) is 0 Å². The average Bonchev–Trinajstić information content (AvgIpc) is 2.97. The zero-order valence-electron chi connectivity index (χ0n) is 20.3. The lowest BCUT2D eigenvalue weighted by molar-refractivity contribution is 0.415. The third-order valence-electron chi connectivity index (χ3n) is 5.76. The van der Waals surface area contributed by atoms with Crippen LogP contribution in [0.3, 0.4) is 0 Å². The summed E-state index contributed by atoms with van der Waals surface area (Å²) in [5, 5.41) is 9.17. The van der Waals surface area contributed by atoms with Gasteiger partial charge in [-0.2, -0.15) is 5.26 Å². The van der Waals surface area contributed by atoms with E-state index < -0.39 is 0 Å². The second kappa shape index (κ2) is 11.3. The van der Waals surface area contributed by atoms with Crippen LogP contribution in [0.1, 0.15) is 16.7 Å². The maximum atomic E-state index is 9.17. The van der Waals surface area contributed by atoms with E-state index in [0.717, 1.165) is 34.1 Å². The van der Waals surface area contributed by atoms with E-state index in [9.17, 15) is 5.26 Å². The minimum Gasteiger partial charge on any atom is -0.497 e. The van der Waals surface area contributed by atoms with Gasteiger partial charge < -0.3 is 14.4 Å². The molecule has 4 aromatic rings. The monoisotopic (exact) mass is 482 g/mol. The summed E-state index contributed by atoms with van der Waals surface area (Å²) in [6, 6.07) is 28.7. The van der Waals surface area contributed by atoms with Gasteiger partial charge in [0.2, 0.25) is 0 Å². The Kier molecular flexibility index (Phi) is 7.50. The Balaban J connectivity index is 1.69. The summed E-state index contributed by atoms with van der Waals surface area (Å²) in [4.78, 5) is 9.14. The first-order valence-corrected chi connectivity index (χ1v) is 11.3. The summed E-state index contributed by atoms with van der Waals surface area (Å²) in [6.45, 7) is 14.9. The first kappa shape index (κ1) is 24.6. The van der Waals surface area contributed by atoms with Gasteiger partial charge in [-0.15, -0.1) is 0 Å². The second-order valence-corrected chi connectivity index (χ2v) is 7.92. The molecule has 4 aromatic carbocycles. The molecule has 37 heavy (non-hydrogen) atoms. The lowest BCUT2D eigenvalue weighted by Gasteiger charge is -2.26. The molecule has 0 unspecified atom stereocenters. The molecule has 4 rings (SSSR count). The van der Waals surface area contributed by atoms with Crippen LogP contribution >= 0.6 is 0 Å². The summed E-state index contributed by atoms with van der Waals surface area (Å²) >= 11 is 0. The lowest BCUT2D eigenvalue weighted by atomic mass is 10.0. The Morgan fingerprint density at radius 1 is 0.703 bits per heavy atom. The van der Waals surface area contributed by atoms with E-state index in [-0.39, 0.29) is 11.4 Å². The topological polar surface area (TPSA) is 54.2 Å². The van der Waals surface area contributed by atoms with Crippen molar-refractivity contribution in [3.05, 3.63) is 124 Å². The highest BCUT2D eigenvalue weighted by Gasteiger charge is 2.13. The van der Waals surface area contributed by atoms with Crippen LogP contribution in [-0.4, -0.2) is 14.2 Å². The van der Waals surface area contributed by atoms with E-state index in [4.69, 9.17) is 22.6 Å². The molecule has 0 aliphatic rings. The van der Waals surface area contributed by atoms with Gasteiger partial charge in [-0.3, -0.25) is 0 Å². The molecule has 0 heterocycles. The quantitative estimate of drug-likeness (QED) is 0.196. The smallest absolute Gasteiger partial charge is 0.185 e. The molecule has 6 nitrogen and oxygen atoms in total. The molecule has 0 saturated heterocycles. The zero-order chi connectivity index (χ0) is 26.2. The molecule has 0 aliphatic heterocycles. The van der Waals surface area contributed by atoms with Gasteiger partial charge in [-0.25, -0.2) is 9.69 Å². The standard InChI is InChI=1S/C31H22N4O2/c1-33-30-19-23(21-32)20-31(34-2)29(30)18-7-22-5-8-24(9-6-22)35(25-10-14-27(36-3)15-11-25)26-12-16-28(37-4)17-13-26/h5-20H,3-4H3. The maximum Gasteiger partial charge on any atom is 0.185 e. The van der Waals surface area contributed by atoms with Gasteiger partial charge in [0, 0.05) is 22.6 Å². The molecular formula is C31H22N4O2. The van der Waals surface area contributed by atoms with Gasteiger partial charge in [-0.1, -0.05) is 24.3 Å². The molecular weight excluding hydrogens is 460 g/mol. The van der Waals surface area contributed by atoms with Crippen molar-refractivity contribution in [2.24, 2.45) is 0 Å². The molecule has 0 atom stereocenters. The minimum atomic E-state index is 0.281. The molecule has 0 saturated carbocycles. The summed E-state index contributed by atoms with van der Waals surface area (Å²) in [7, 11) is 3.28. The molecule has 0 radical (unpaired) electrons. The number of hydrogen-bond donors (Lipinski definition) is 0. The Bertz CT molecular complexity index is 1470. The molecule has 6 heteroatoms. The number of nitrogens with zero attached hydrogens (tertiary/aromatic N) is 4. The van der Waals surface area contributed by atoms with Gasteiger partial charge >= 0.3 is 0 Å². The molecule has 0 N–H and O–H groups in total. The molecule has 0 spiro atoms. The fourth-order valence-corrected chi connectivity index (χ4v) is 3.87. The summed E-state index contributed by atoms with van der Waals surface area (Å²) < 4.78 is 10.6. The largest absolute Gasteiger partial charge is 0.497 e. The highest BCUT2D eigenvalue weighted by Crippen LogP contribution is 2.37. The van der Waals surface area contributed by atoms with Crippen molar-refractivity contribution in [2.75, 3.05) is 19.1 Å². The highest BCUT2D eigenvalue weighted by atomic mass is 16.5. The minimum absolute atomic E-state index is 0.281. The van der Waals surface area contributed by atoms with Crippen LogP contribution in [0.15, 0.2) is 84.9 Å². The number of rotatable bonds is 7. The molecule has 0 fully saturated rings. The Labute approximate surface area is 216 Å². The van der Waals surface area contributed by atoms with Crippen LogP contribution in [0.2, 0.25) is 0 Å². The molecule has 0 amide bonds. The summed E-state index contributed by atoms with van der Waals surface area (Å²) in [6.07, 6.45) is 3.61. The number of methoxy groups -OCH3 is 2. The van der Waals surface area contributed by atoms with Crippen molar-refractivity contribution in [3.63, 3.8) is 0 Å². The molecule has 178 valence electrons. The fourth-order valence-electron chi connectivity index (χ4n) is 3.87. The first-order chi connectivity index (χ1) is 18.1. The van der Waals surface area contributed by atoms with Crippen LogP contribution in [0.25, 0.3) is 21.8 Å². The third-order valence-corrected chi connectivity index (χ3v) is 5.76. The van der Waals surface area contributed by atoms with E-state index in [2.05, 4.69) is 14.6 Å². The van der Waals surface area contributed by atoms with Gasteiger partial charge in [-0.05, 0) is 83.9 Å². The Morgan fingerprint density at radius 3 is 1.51 bits per heavy atom. The van der Waals surface area contributed by atoms with Gasteiger partial charge in [0.1, 0.15) is 11.5 Å². The van der Waals surface area contributed by atoms with Gasteiger partial charge in [0.25, 0.3) is 0 Å². The number of hydrogen-bond acceptors (Lipinski definition) is 4. The van der Waals surface area contributed by atoms with Crippen molar-refractivity contribution in [3.8, 4) is 17.6 Å². The number of nitriles is 1. The van der Waals surface area contributed by atoms with Crippen molar-refractivity contribution in [2.45, 2.75) is 0 Å². The highest BCUT2D eigenvalue weighted by molar-refractivity contribution is 5.86. The maximum absolute atomic E-state index is 9.17. The number of benzene rings is 4. The molecule has 0 aliphatic carbocycles. The Hall–Kier alpha value is -5.51. The predicted octanol–water partition coefficient (Wildman–Crippen LogP) is 8.32. The number of ether oxygens (including phenoxy) is 2. The van der Waals surface area contributed by atoms with Crippen LogP contribution in [0.5, 0.6) is 11.5 Å². The fraction of sp³-hybridized carbons (Fsp3) is 0.0645. The normalized spacial score (nSPS) is 10.2. The van der Waals surface area contributed by atoms with Crippen molar-refractivity contribution < 1.29 is 9.47 Å². The molecule has 0 aromatic heterocycles. The van der Waals surface area contributed by atoms with E-state index in [0.29, 0.717) is 11.1 Å². The van der Waals surface area contributed by atoms with Crippen molar-refractivity contribution in [1.29, 1.82) is 5.26 Å². The van der Waals surface area contributed by atoms with E-state index in [1.54, 1.807) is 20.3 Å². The van der Waals surface area contributed by atoms with Crippen molar-refractivity contribution in [1.82, 2.24) is 0 Å². The average molecular weight is 483 g/mol. The second-order valence-electron chi connectivity index (χ2n) is 7.92. The van der Waals surface area contributed by atoms with E-state index in [1.165, 1.54) is 12.1 Å². The Morgan fingerprint density at radius 2 is 1.14 bits per heavy atom. The summed E-state index contributed by atoms with van der Waals surface area (Å²) in [5.74, 6) is 1.55. The van der Waals surface area contributed by atoms with Crippen molar-refractivity contribution >= 4 is 40.6 Å². The van der Waals surface area contributed by atoms with Gasteiger partial charge in [0.05, 0.1) is 33.4 Å². The van der Waals surface area contributed by atoms with E-state index in [1.807, 2.05) is 84.9 Å². The SMILES string of the molecule is [C-]#[N+]c1cc(C#N)cc([N+]#[C-])c1C=Cc1ccc(N(c2ccc(OC)cc2)c2ccc(OC)cc2)cc1. The van der Waals surface area contributed by atoms with Crippen LogP contribution in [0, 0.1) is 24.5 Å². The predicted molar refractivity (Wildman–Crippen MR) is 147 cm³/mol. The number of anilines is 3. The van der Waals surface area contributed by atoms with Crippen LogP contribution < -0.4 is 14.4 Å². The first-order valence-electron chi connectivity index (χ1n) is 11.3. The lowest BCUT2D eigenvalue weighted by Crippen LogP contribution is -2.09. The molecule has 0 bridgehead atoms. The third kappa shape index (κ3) is 5.43. The van der Waals surface area contributed by atoms with Gasteiger partial charge in [0.15, 0.2) is 11.4 Å².